The molecular formula is C23H40N7O18P3S. The maximum absolute atomic E-state index is 12.7. The lowest BCUT2D eigenvalue weighted by molar-refractivity contribution is -0.137. The molecule has 0 spiro atoms. The molecule has 0 aromatic heterocycles. The van der Waals surface area contributed by atoms with Gasteiger partial charge in [0.2, 0.25) is 17.6 Å². The molecule has 3 unspecified atom stereocenters. The average Bonchev–Trinajstić information content (AvgIpc) is 3.56. The number of amides is 2. The average molecular weight is 828 g/mol. The number of rotatable bonds is 19. The third-order valence-corrected chi connectivity index (χ3v) is 10.6. The molecule has 8 atom stereocenters. The quantitative estimate of drug-likeness (QED) is 0.0444. The molecule has 29 heteroatoms. The van der Waals surface area contributed by atoms with Crippen molar-refractivity contribution >= 4 is 71.1 Å². The zero-order valence-electron chi connectivity index (χ0n) is 27.6. The van der Waals surface area contributed by atoms with Crippen molar-refractivity contribution in [2.24, 2.45) is 26.1 Å². The van der Waals surface area contributed by atoms with Gasteiger partial charge in [-0.3, -0.25) is 32.9 Å². The Bertz CT molecular complexity index is 1630. The highest BCUT2D eigenvalue weighted by Crippen LogP contribution is 2.61. The van der Waals surface area contributed by atoms with E-state index in [1.165, 1.54) is 13.8 Å². The lowest BCUT2D eigenvalue weighted by Crippen LogP contribution is -2.52. The number of amidine groups is 2. The van der Waals surface area contributed by atoms with E-state index < -0.39 is 103 Å². The molecule has 25 nitrogen and oxygen atoms in total. The van der Waals surface area contributed by atoms with Crippen LogP contribution in [0.25, 0.3) is 0 Å². The summed E-state index contributed by atoms with van der Waals surface area (Å²) in [6.07, 6.45) is -9.55. The van der Waals surface area contributed by atoms with Crippen LogP contribution in [0.5, 0.6) is 0 Å². The van der Waals surface area contributed by atoms with Gasteiger partial charge in [0, 0.05) is 37.6 Å². The van der Waals surface area contributed by atoms with E-state index in [0.29, 0.717) is 12.3 Å². The molecule has 0 aromatic rings. The Morgan fingerprint density at radius 1 is 1.12 bits per heavy atom. The van der Waals surface area contributed by atoms with Gasteiger partial charge in [-0.25, -0.2) is 23.7 Å². The van der Waals surface area contributed by atoms with Crippen molar-refractivity contribution in [3.8, 4) is 0 Å². The van der Waals surface area contributed by atoms with Crippen LogP contribution in [0, 0.1) is 5.41 Å². The molecule has 0 saturated carbocycles. The molecule has 296 valence electrons. The predicted molar refractivity (Wildman–Crippen MR) is 177 cm³/mol. The molecule has 0 aliphatic carbocycles. The third kappa shape index (κ3) is 11.6. The van der Waals surface area contributed by atoms with Gasteiger partial charge in [-0.15, -0.1) is 0 Å². The number of aliphatic hydroxyl groups excluding tert-OH is 2. The number of hydrogen-bond acceptors (Lipinski definition) is 20. The molecule has 3 rings (SSSR count). The summed E-state index contributed by atoms with van der Waals surface area (Å²) in [6, 6.07) is 0. The highest BCUT2D eigenvalue weighted by atomic mass is 32.1. The Labute approximate surface area is 300 Å². The standard InChI is InChI=1S/C23H40N7O18P3S/c1-11(31)23(36)28-18(24)14-19(29-23)30(10-27-14)21-15(33)16(47-49(37,38)39)12(46-21)8-44-50(40,41)48-51(42,43)45-9-22(2,3)17(34)20(35)26-5-4-13(32)25-6-7-52/h12,15-17,21,33-34,36,52H,4-10H2,1-3H3,(H2,24,28)(H,25,32)(H,26,35)(H,40,41)(H,42,43)(H2,37,38,39)/t12-,15-,16-,17+,21-,23?/m1/s1. The number of aliphatic imine (C=N–C) groups is 3. The fourth-order valence-electron chi connectivity index (χ4n) is 4.59. The number of thiol groups is 1. The fourth-order valence-corrected chi connectivity index (χ4v) is 7.53. The molecular weight excluding hydrogens is 787 g/mol. The van der Waals surface area contributed by atoms with Crippen LogP contribution in [0.2, 0.25) is 0 Å². The Morgan fingerprint density at radius 3 is 2.35 bits per heavy atom. The van der Waals surface area contributed by atoms with Crippen molar-refractivity contribution in [3.05, 3.63) is 0 Å². The number of nitrogens with one attached hydrogen (secondary N) is 2. The monoisotopic (exact) mass is 827 g/mol. The summed E-state index contributed by atoms with van der Waals surface area (Å²) < 4.78 is 60.8. The number of nitrogens with two attached hydrogens (primary N) is 1. The molecule has 2 amide bonds. The van der Waals surface area contributed by atoms with E-state index in [9.17, 15) is 63.0 Å². The van der Waals surface area contributed by atoms with Gasteiger partial charge in [-0.1, -0.05) is 13.8 Å². The van der Waals surface area contributed by atoms with Crippen molar-refractivity contribution in [3.63, 3.8) is 0 Å². The number of phosphoric ester groups is 3. The molecule has 11 N–H and O–H groups in total. The van der Waals surface area contributed by atoms with Crippen LogP contribution in [0.3, 0.4) is 0 Å². The van der Waals surface area contributed by atoms with Crippen LogP contribution in [-0.2, 0) is 50.7 Å². The van der Waals surface area contributed by atoms with E-state index >= 15 is 0 Å². The minimum atomic E-state index is -5.62. The van der Waals surface area contributed by atoms with Gasteiger partial charge in [0.25, 0.3) is 0 Å². The van der Waals surface area contributed by atoms with Crippen LogP contribution < -0.4 is 16.4 Å². The normalized spacial score (nSPS) is 27.8. The van der Waals surface area contributed by atoms with Crippen molar-refractivity contribution in [1.82, 2.24) is 15.5 Å². The van der Waals surface area contributed by atoms with E-state index in [0.717, 1.165) is 11.8 Å². The van der Waals surface area contributed by atoms with Crippen LogP contribution >= 0.6 is 36.1 Å². The number of Topliss-reactive ketones (excluding diaryl/α,β-unsaturated/α-hetero) is 1. The number of ketones is 1. The molecule has 0 bridgehead atoms. The number of carbonyl (C=O) groups is 3. The van der Waals surface area contributed by atoms with Gasteiger partial charge in [0.1, 0.15) is 36.8 Å². The van der Waals surface area contributed by atoms with Gasteiger partial charge < -0.3 is 60.9 Å². The largest absolute Gasteiger partial charge is 0.481 e. The Morgan fingerprint density at radius 2 is 1.75 bits per heavy atom. The Balaban J connectivity index is 1.64. The summed E-state index contributed by atoms with van der Waals surface area (Å²) in [5.74, 6) is -5.34. The Kier molecular flexibility index (Phi) is 14.5. The molecule has 52 heavy (non-hydrogen) atoms. The van der Waals surface area contributed by atoms with E-state index in [2.05, 4.69) is 47.1 Å². The number of phosphoric acid groups is 3. The lowest BCUT2D eigenvalue weighted by atomic mass is 9.87. The lowest BCUT2D eigenvalue weighted by Gasteiger charge is -2.31. The van der Waals surface area contributed by atoms with Crippen LogP contribution in [-0.4, -0.2) is 150 Å². The summed E-state index contributed by atoms with van der Waals surface area (Å²) in [6.45, 7) is 1.05. The Hall–Kier alpha value is -2.22. The minimum absolute atomic E-state index is 0.120. The van der Waals surface area contributed by atoms with Gasteiger partial charge in [0.05, 0.1) is 13.2 Å². The summed E-state index contributed by atoms with van der Waals surface area (Å²) in [5.41, 5.74) is 4.05. The second-order valence-electron chi connectivity index (χ2n) is 12.0. The van der Waals surface area contributed by atoms with E-state index in [1.807, 2.05) is 0 Å². The molecule has 0 radical (unpaired) electrons. The first-order valence-electron chi connectivity index (χ1n) is 14.9. The summed E-state index contributed by atoms with van der Waals surface area (Å²) in [7, 11) is -16.5. The molecule has 1 fully saturated rings. The van der Waals surface area contributed by atoms with Crippen LogP contribution in [0.15, 0.2) is 15.0 Å². The summed E-state index contributed by atoms with van der Waals surface area (Å²) in [5, 5.41) is 36.7. The van der Waals surface area contributed by atoms with Crippen molar-refractivity contribution in [2.45, 2.75) is 63.7 Å². The van der Waals surface area contributed by atoms with Gasteiger partial charge >= 0.3 is 29.3 Å². The number of carbonyl (C=O) groups excluding carboxylic acids is 3. The van der Waals surface area contributed by atoms with Crippen LogP contribution in [0.1, 0.15) is 27.2 Å². The first-order chi connectivity index (χ1) is 23.8. The van der Waals surface area contributed by atoms with E-state index in [1.54, 1.807) is 0 Å². The summed E-state index contributed by atoms with van der Waals surface area (Å²) >= 11 is 3.95. The molecule has 0 aromatic carbocycles. The maximum atomic E-state index is 12.7. The van der Waals surface area contributed by atoms with Crippen molar-refractivity contribution in [1.29, 1.82) is 0 Å². The highest BCUT2D eigenvalue weighted by molar-refractivity contribution is 7.80. The van der Waals surface area contributed by atoms with E-state index in [-0.39, 0.29) is 30.4 Å². The van der Waals surface area contributed by atoms with Crippen molar-refractivity contribution < 1.29 is 85.6 Å². The number of ether oxygens (including phenoxy) is 1. The molecule has 1 saturated heterocycles. The second-order valence-corrected chi connectivity index (χ2v) is 16.6. The third-order valence-electron chi connectivity index (χ3n) is 7.28. The van der Waals surface area contributed by atoms with Gasteiger partial charge in [-0.05, 0) is 0 Å². The first-order valence-corrected chi connectivity index (χ1v) is 20.0. The fraction of sp³-hybridized carbons (Fsp3) is 0.739. The summed E-state index contributed by atoms with van der Waals surface area (Å²) in [4.78, 5) is 87.6. The van der Waals surface area contributed by atoms with E-state index in [4.69, 9.17) is 19.5 Å². The second kappa shape index (κ2) is 17.1. The number of nitrogens with zero attached hydrogens (tertiary/aromatic N) is 4. The van der Waals surface area contributed by atoms with Crippen LogP contribution in [0.4, 0.5) is 0 Å². The molecule has 3 heterocycles. The van der Waals surface area contributed by atoms with Crippen molar-refractivity contribution in [2.75, 3.05) is 38.7 Å². The van der Waals surface area contributed by atoms with Gasteiger partial charge in [-0.2, -0.15) is 16.9 Å². The highest BCUT2D eigenvalue weighted by Gasteiger charge is 2.54. The number of hydrogen-bond donors (Lipinski definition) is 11. The number of fused-ring (bicyclic) bond motifs is 1. The topological polar surface area (TPSA) is 381 Å². The zero-order valence-corrected chi connectivity index (χ0v) is 31.2. The number of aliphatic hydroxyl groups is 3. The SMILES string of the molecule is CC(=O)C1(O)N=C(N)C2=NCN([C@@H]3O[C@H](COP(=O)(O)OP(=O)(O)OCC(C)(C)[C@@H](O)C(=O)NCCC(=O)NCCS)[C@@H](OP(=O)(O)O)[C@H]3O)C2=N1. The first kappa shape index (κ1) is 44.2. The maximum Gasteiger partial charge on any atom is 0.481 e. The smallest absolute Gasteiger partial charge is 0.386 e. The molecule has 3 aliphatic rings. The zero-order chi connectivity index (χ0) is 39.4. The van der Waals surface area contributed by atoms with Gasteiger partial charge in [0.15, 0.2) is 17.9 Å². The molecule has 3 aliphatic heterocycles. The minimum Gasteiger partial charge on any atom is -0.386 e. The predicted octanol–water partition coefficient (Wildman–Crippen LogP) is -3.54.